The van der Waals surface area contributed by atoms with Crippen LogP contribution in [0.5, 0.6) is 0 Å². The number of rotatable bonds is 7. The first-order chi connectivity index (χ1) is 9.08. The normalized spacial score (nSPS) is 27.6. The summed E-state index contributed by atoms with van der Waals surface area (Å²) in [5.74, 6) is 0.309. The smallest absolute Gasteiger partial charge is 0.248 e. The van der Waals surface area contributed by atoms with Gasteiger partial charge in [-0.15, -0.1) is 0 Å². The van der Waals surface area contributed by atoms with Gasteiger partial charge in [-0.3, -0.25) is 9.59 Å². The summed E-state index contributed by atoms with van der Waals surface area (Å²) >= 11 is 0. The van der Waals surface area contributed by atoms with Gasteiger partial charge in [-0.25, -0.2) is 0 Å². The predicted molar refractivity (Wildman–Crippen MR) is 71.6 cm³/mol. The van der Waals surface area contributed by atoms with Gasteiger partial charge in [0.15, 0.2) is 0 Å². The summed E-state index contributed by atoms with van der Waals surface area (Å²) in [4.78, 5) is 25.8. The molecule has 0 radical (unpaired) electrons. The van der Waals surface area contributed by atoms with E-state index in [4.69, 9.17) is 4.74 Å². The molecule has 0 aromatic carbocycles. The third-order valence-electron chi connectivity index (χ3n) is 4.01. The molecule has 2 aliphatic rings. The van der Waals surface area contributed by atoms with Crippen molar-refractivity contribution >= 4 is 11.8 Å². The number of unbranched alkanes of at least 4 members (excludes halogenated alkanes) is 1. The van der Waals surface area contributed by atoms with E-state index in [0.29, 0.717) is 19.1 Å². The van der Waals surface area contributed by atoms with Crippen LogP contribution in [0.25, 0.3) is 0 Å². The molecule has 0 aromatic heterocycles. The highest BCUT2D eigenvalue weighted by Gasteiger charge is 2.52. The van der Waals surface area contributed by atoms with E-state index in [9.17, 15) is 9.59 Å². The molecule has 1 unspecified atom stereocenters. The molecular formula is C14H24N2O3. The molecule has 1 aliphatic carbocycles. The van der Waals surface area contributed by atoms with Gasteiger partial charge in [-0.2, -0.15) is 0 Å². The Hall–Kier alpha value is -1.10. The minimum absolute atomic E-state index is 0.0497. The fraction of sp³-hybridized carbons (Fsp3) is 0.857. The van der Waals surface area contributed by atoms with E-state index in [0.717, 1.165) is 32.3 Å². The number of amides is 2. The van der Waals surface area contributed by atoms with E-state index >= 15 is 0 Å². The summed E-state index contributed by atoms with van der Waals surface area (Å²) < 4.78 is 5.48. The molecule has 5 heteroatoms. The highest BCUT2D eigenvalue weighted by Crippen LogP contribution is 2.41. The molecular weight excluding hydrogens is 244 g/mol. The van der Waals surface area contributed by atoms with E-state index in [1.807, 2.05) is 6.92 Å². The highest BCUT2D eigenvalue weighted by molar-refractivity contribution is 5.98. The van der Waals surface area contributed by atoms with E-state index in [1.165, 1.54) is 0 Å². The summed E-state index contributed by atoms with van der Waals surface area (Å²) in [6, 6.07) is 0. The monoisotopic (exact) mass is 268 g/mol. The third-order valence-corrected chi connectivity index (χ3v) is 4.01. The van der Waals surface area contributed by atoms with E-state index < -0.39 is 5.54 Å². The van der Waals surface area contributed by atoms with E-state index in [2.05, 4.69) is 12.2 Å². The molecule has 19 heavy (non-hydrogen) atoms. The molecule has 1 N–H and O–H groups in total. The van der Waals surface area contributed by atoms with Crippen molar-refractivity contribution in [3.63, 3.8) is 0 Å². The van der Waals surface area contributed by atoms with Gasteiger partial charge in [0.1, 0.15) is 5.54 Å². The molecule has 1 saturated heterocycles. The summed E-state index contributed by atoms with van der Waals surface area (Å²) in [6.07, 6.45) is 4.20. The molecule has 2 rings (SSSR count). The molecule has 5 nitrogen and oxygen atoms in total. The standard InChI is InChI=1S/C14H24N2O3/c1-3-4-8-19-9-7-16-10-12(17)15-14(2,13(16)18)11-5-6-11/h11H,3-10H2,1-2H3,(H,15,17). The lowest BCUT2D eigenvalue weighted by Crippen LogP contribution is -2.66. The molecule has 1 saturated carbocycles. The van der Waals surface area contributed by atoms with Crippen molar-refractivity contribution in [2.45, 2.75) is 45.1 Å². The second kappa shape index (κ2) is 5.90. The Kier molecular flexibility index (Phi) is 4.45. The fourth-order valence-corrected chi connectivity index (χ4v) is 2.60. The Bertz CT molecular complexity index is 355. The minimum atomic E-state index is -0.682. The quantitative estimate of drug-likeness (QED) is 0.699. The molecule has 2 fully saturated rings. The topological polar surface area (TPSA) is 58.6 Å². The number of ether oxygens (including phenoxy) is 1. The molecule has 108 valence electrons. The Balaban J connectivity index is 1.85. The van der Waals surface area contributed by atoms with Gasteiger partial charge in [-0.1, -0.05) is 13.3 Å². The zero-order valence-corrected chi connectivity index (χ0v) is 11.9. The number of carbonyl (C=O) groups excluding carboxylic acids is 2. The fourth-order valence-electron chi connectivity index (χ4n) is 2.60. The average molecular weight is 268 g/mol. The lowest BCUT2D eigenvalue weighted by atomic mass is 9.91. The maximum atomic E-state index is 12.4. The minimum Gasteiger partial charge on any atom is -0.380 e. The van der Waals surface area contributed by atoms with Crippen LogP contribution in [0.3, 0.4) is 0 Å². The lowest BCUT2D eigenvalue weighted by Gasteiger charge is -2.40. The molecule has 2 amide bonds. The van der Waals surface area contributed by atoms with Gasteiger partial charge in [0.2, 0.25) is 11.8 Å². The van der Waals surface area contributed by atoms with Crippen molar-refractivity contribution in [3.8, 4) is 0 Å². The first kappa shape index (κ1) is 14.3. The van der Waals surface area contributed by atoms with Crippen LogP contribution in [0.1, 0.15) is 39.5 Å². The first-order valence-corrected chi connectivity index (χ1v) is 7.26. The van der Waals surface area contributed by atoms with Crippen molar-refractivity contribution in [2.24, 2.45) is 5.92 Å². The van der Waals surface area contributed by atoms with Crippen molar-refractivity contribution < 1.29 is 14.3 Å². The van der Waals surface area contributed by atoms with Gasteiger partial charge >= 0.3 is 0 Å². The van der Waals surface area contributed by atoms with Crippen LogP contribution >= 0.6 is 0 Å². The summed E-state index contributed by atoms with van der Waals surface area (Å²) in [7, 11) is 0. The summed E-state index contributed by atoms with van der Waals surface area (Å²) in [5.41, 5.74) is -0.682. The maximum Gasteiger partial charge on any atom is 0.248 e. The van der Waals surface area contributed by atoms with Gasteiger partial charge in [-0.05, 0) is 32.1 Å². The second-order valence-electron chi connectivity index (χ2n) is 5.72. The summed E-state index contributed by atoms with van der Waals surface area (Å²) in [6.45, 7) is 5.89. The first-order valence-electron chi connectivity index (χ1n) is 7.26. The summed E-state index contributed by atoms with van der Waals surface area (Å²) in [5, 5.41) is 2.87. The van der Waals surface area contributed by atoms with Crippen molar-refractivity contribution in [2.75, 3.05) is 26.3 Å². The van der Waals surface area contributed by atoms with E-state index in [-0.39, 0.29) is 18.4 Å². The van der Waals surface area contributed by atoms with Crippen LogP contribution in [-0.2, 0) is 14.3 Å². The van der Waals surface area contributed by atoms with Crippen LogP contribution in [0.15, 0.2) is 0 Å². The van der Waals surface area contributed by atoms with Crippen LogP contribution < -0.4 is 5.32 Å². The molecule has 1 aliphatic heterocycles. The van der Waals surface area contributed by atoms with Crippen LogP contribution in [0, 0.1) is 5.92 Å². The van der Waals surface area contributed by atoms with Crippen molar-refractivity contribution in [1.29, 1.82) is 0 Å². The van der Waals surface area contributed by atoms with Gasteiger partial charge in [0.05, 0.1) is 13.2 Å². The van der Waals surface area contributed by atoms with Crippen LogP contribution in [0.4, 0.5) is 0 Å². The molecule has 1 atom stereocenters. The predicted octanol–water partition coefficient (Wildman–Crippen LogP) is 0.930. The van der Waals surface area contributed by atoms with Crippen LogP contribution in [-0.4, -0.2) is 48.6 Å². The SMILES string of the molecule is CCCCOCCN1CC(=O)NC(C)(C2CC2)C1=O. The molecule has 1 heterocycles. The largest absolute Gasteiger partial charge is 0.380 e. The zero-order chi connectivity index (χ0) is 13.9. The van der Waals surface area contributed by atoms with Gasteiger partial charge in [0.25, 0.3) is 0 Å². The Morgan fingerprint density at radius 1 is 1.37 bits per heavy atom. The van der Waals surface area contributed by atoms with Crippen LogP contribution in [0.2, 0.25) is 0 Å². The number of nitrogens with zero attached hydrogens (tertiary/aromatic N) is 1. The molecule has 0 bridgehead atoms. The number of nitrogens with one attached hydrogen (secondary N) is 1. The van der Waals surface area contributed by atoms with E-state index in [1.54, 1.807) is 4.90 Å². The maximum absolute atomic E-state index is 12.4. The number of hydrogen-bond donors (Lipinski definition) is 1. The number of carbonyl (C=O) groups is 2. The third kappa shape index (κ3) is 3.26. The lowest BCUT2D eigenvalue weighted by molar-refractivity contribution is -0.150. The second-order valence-corrected chi connectivity index (χ2v) is 5.72. The Labute approximate surface area is 114 Å². The Morgan fingerprint density at radius 3 is 2.74 bits per heavy atom. The molecule has 0 aromatic rings. The number of piperazine rings is 1. The average Bonchev–Trinajstić information content (AvgIpc) is 3.19. The molecule has 0 spiro atoms. The highest BCUT2D eigenvalue weighted by atomic mass is 16.5. The van der Waals surface area contributed by atoms with Crippen molar-refractivity contribution in [1.82, 2.24) is 10.2 Å². The number of hydrogen-bond acceptors (Lipinski definition) is 3. The zero-order valence-electron chi connectivity index (χ0n) is 11.9. The van der Waals surface area contributed by atoms with Gasteiger partial charge < -0.3 is 15.0 Å². The van der Waals surface area contributed by atoms with Crippen molar-refractivity contribution in [3.05, 3.63) is 0 Å². The Morgan fingerprint density at radius 2 is 2.11 bits per heavy atom. The van der Waals surface area contributed by atoms with Gasteiger partial charge in [0, 0.05) is 13.2 Å².